The minimum Gasteiger partial charge on any atom is -0.392 e. The maximum Gasteiger partial charge on any atom is 0.471 e. The van der Waals surface area contributed by atoms with E-state index in [1.165, 1.54) is 27.6 Å². The van der Waals surface area contributed by atoms with Crippen LogP contribution in [0.15, 0.2) is 59.4 Å². The average Bonchev–Trinajstić information content (AvgIpc) is 2.84. The van der Waals surface area contributed by atoms with E-state index >= 15 is 0 Å². The van der Waals surface area contributed by atoms with Crippen molar-refractivity contribution in [1.82, 2.24) is 9.36 Å². The van der Waals surface area contributed by atoms with Gasteiger partial charge in [0.15, 0.2) is 0 Å². The Labute approximate surface area is 151 Å². The van der Waals surface area contributed by atoms with E-state index in [0.717, 1.165) is 0 Å². The Hall–Kier alpha value is -3.49. The molecule has 9 heteroatoms. The molecular formula is C18H15F3N4O2. The number of aromatic nitrogens is 2. The van der Waals surface area contributed by atoms with Crippen molar-refractivity contribution in [3.8, 4) is 16.9 Å². The molecular weight excluding hydrogens is 361 g/mol. The highest BCUT2D eigenvalue weighted by Gasteiger charge is 2.38. The molecule has 6 nitrogen and oxygen atoms in total. The number of hydrogen-bond acceptors (Lipinski definition) is 3. The van der Waals surface area contributed by atoms with Gasteiger partial charge in [-0.25, -0.2) is 4.68 Å². The maximum absolute atomic E-state index is 12.6. The average molecular weight is 376 g/mol. The van der Waals surface area contributed by atoms with Crippen LogP contribution in [0.4, 0.5) is 24.5 Å². The van der Waals surface area contributed by atoms with Gasteiger partial charge in [0.25, 0.3) is 5.56 Å². The van der Waals surface area contributed by atoms with Crippen LogP contribution >= 0.6 is 0 Å². The van der Waals surface area contributed by atoms with Gasteiger partial charge in [0.2, 0.25) is 0 Å². The van der Waals surface area contributed by atoms with Crippen LogP contribution in [-0.4, -0.2) is 21.4 Å². The van der Waals surface area contributed by atoms with Crippen molar-refractivity contribution in [2.45, 2.75) is 6.18 Å². The summed E-state index contributed by atoms with van der Waals surface area (Å²) in [5, 5.41) is 1.79. The molecule has 0 saturated carbocycles. The lowest BCUT2D eigenvalue weighted by Crippen LogP contribution is -2.29. The van der Waals surface area contributed by atoms with Crippen molar-refractivity contribution in [3.05, 3.63) is 65.0 Å². The normalized spacial score (nSPS) is 11.4. The number of nitrogens with two attached hydrogens (primary N) is 1. The second kappa shape index (κ2) is 6.67. The summed E-state index contributed by atoms with van der Waals surface area (Å²) >= 11 is 0. The number of amides is 1. The number of anilines is 2. The highest BCUT2D eigenvalue weighted by Crippen LogP contribution is 2.28. The van der Waals surface area contributed by atoms with E-state index in [1.54, 1.807) is 48.8 Å². The third kappa shape index (κ3) is 3.43. The van der Waals surface area contributed by atoms with Crippen LogP contribution < -0.4 is 16.6 Å². The molecule has 1 aromatic heterocycles. The molecule has 27 heavy (non-hydrogen) atoms. The Kier molecular flexibility index (Phi) is 4.52. The van der Waals surface area contributed by atoms with Crippen LogP contribution in [0.5, 0.6) is 0 Å². The van der Waals surface area contributed by atoms with Crippen LogP contribution in [0.2, 0.25) is 0 Å². The molecule has 1 amide bonds. The van der Waals surface area contributed by atoms with E-state index in [1.807, 2.05) is 0 Å². The molecule has 0 aliphatic carbocycles. The van der Waals surface area contributed by atoms with E-state index in [-0.39, 0.29) is 11.4 Å². The van der Waals surface area contributed by atoms with Crippen molar-refractivity contribution in [2.24, 2.45) is 7.05 Å². The summed E-state index contributed by atoms with van der Waals surface area (Å²) in [6.07, 6.45) is -5.00. The first-order chi connectivity index (χ1) is 12.7. The van der Waals surface area contributed by atoms with Crippen molar-refractivity contribution >= 4 is 17.3 Å². The van der Waals surface area contributed by atoms with E-state index in [2.05, 4.69) is 0 Å². The smallest absolute Gasteiger partial charge is 0.392 e. The Balaban J connectivity index is 2.07. The second-order valence-corrected chi connectivity index (χ2v) is 5.77. The van der Waals surface area contributed by atoms with Crippen LogP contribution in [-0.2, 0) is 11.8 Å². The van der Waals surface area contributed by atoms with Crippen LogP contribution in [0.1, 0.15) is 0 Å². The second-order valence-electron chi connectivity index (χ2n) is 5.77. The van der Waals surface area contributed by atoms with Crippen molar-refractivity contribution in [1.29, 1.82) is 0 Å². The molecule has 0 radical (unpaired) electrons. The molecule has 0 bridgehead atoms. The third-order valence-corrected chi connectivity index (χ3v) is 3.95. The quantitative estimate of drug-likeness (QED) is 0.737. The van der Waals surface area contributed by atoms with Gasteiger partial charge in [-0.3, -0.25) is 14.3 Å². The molecule has 140 valence electrons. The van der Waals surface area contributed by atoms with Gasteiger partial charge in [-0.1, -0.05) is 30.3 Å². The molecule has 2 aromatic carbocycles. The minimum absolute atomic E-state index is 0.0550. The zero-order chi connectivity index (χ0) is 19.8. The number of rotatable bonds is 3. The van der Waals surface area contributed by atoms with Gasteiger partial charge < -0.3 is 11.1 Å². The Morgan fingerprint density at radius 3 is 2.37 bits per heavy atom. The monoisotopic (exact) mass is 376 g/mol. The summed E-state index contributed by atoms with van der Waals surface area (Å²) < 4.78 is 40.2. The first-order valence-electron chi connectivity index (χ1n) is 7.81. The molecule has 0 unspecified atom stereocenters. The van der Waals surface area contributed by atoms with Gasteiger partial charge in [-0.05, 0) is 24.3 Å². The first kappa shape index (κ1) is 18.3. The fraction of sp³-hybridized carbons (Fsp3) is 0.111. The molecule has 3 N–H and O–H groups in total. The minimum atomic E-state index is -5.00. The lowest BCUT2D eigenvalue weighted by molar-refractivity contribution is -0.167. The van der Waals surface area contributed by atoms with Gasteiger partial charge in [0.05, 0.1) is 11.4 Å². The lowest BCUT2D eigenvalue weighted by Gasteiger charge is -2.12. The summed E-state index contributed by atoms with van der Waals surface area (Å²) in [5.74, 6) is -2.08. The lowest BCUT2D eigenvalue weighted by atomic mass is 10.1. The predicted molar refractivity (Wildman–Crippen MR) is 95.5 cm³/mol. The van der Waals surface area contributed by atoms with E-state index in [4.69, 9.17) is 5.73 Å². The summed E-state index contributed by atoms with van der Waals surface area (Å²) in [7, 11) is 1.61. The zero-order valence-corrected chi connectivity index (χ0v) is 14.1. The van der Waals surface area contributed by atoms with E-state index in [0.29, 0.717) is 16.9 Å². The van der Waals surface area contributed by atoms with E-state index < -0.39 is 17.6 Å². The Morgan fingerprint density at radius 1 is 1.07 bits per heavy atom. The highest BCUT2D eigenvalue weighted by molar-refractivity contribution is 5.95. The van der Waals surface area contributed by atoms with E-state index in [9.17, 15) is 22.8 Å². The molecule has 0 fully saturated rings. The summed E-state index contributed by atoms with van der Waals surface area (Å²) in [6.45, 7) is 0. The van der Waals surface area contributed by atoms with Gasteiger partial charge in [-0.2, -0.15) is 13.2 Å². The fourth-order valence-corrected chi connectivity index (χ4v) is 2.77. The molecule has 3 aromatic rings. The molecule has 0 atom stereocenters. The number of benzene rings is 2. The van der Waals surface area contributed by atoms with Crippen LogP contribution in [0.3, 0.4) is 0 Å². The fourth-order valence-electron chi connectivity index (χ4n) is 2.77. The standard InChI is InChI=1S/C18H15F3N4O2/c1-24-15(14(22)16(26)25(24)13-8-3-2-4-9-13)11-6-5-7-12(10-11)23-17(27)18(19,20)21/h2-10H,22H2,1H3,(H,23,27). The Morgan fingerprint density at radius 2 is 1.74 bits per heavy atom. The number of carbonyl (C=O) groups excluding carboxylic acids is 1. The first-order valence-corrected chi connectivity index (χ1v) is 7.81. The number of para-hydroxylation sites is 1. The summed E-state index contributed by atoms with van der Waals surface area (Å²) in [6, 6.07) is 14.5. The van der Waals surface area contributed by atoms with Gasteiger partial charge in [0, 0.05) is 18.3 Å². The SMILES string of the molecule is Cn1c(-c2cccc(NC(=O)C(F)(F)F)c2)c(N)c(=O)n1-c1ccccc1. The largest absolute Gasteiger partial charge is 0.471 e. The number of nitrogens with zero attached hydrogens (tertiary/aromatic N) is 2. The molecule has 0 aliphatic rings. The highest BCUT2D eigenvalue weighted by atomic mass is 19.4. The molecule has 3 rings (SSSR count). The van der Waals surface area contributed by atoms with Crippen LogP contribution in [0, 0.1) is 0 Å². The topological polar surface area (TPSA) is 82.1 Å². The number of nitrogen functional groups attached to an aromatic ring is 1. The van der Waals surface area contributed by atoms with Gasteiger partial charge in [0.1, 0.15) is 5.69 Å². The van der Waals surface area contributed by atoms with Gasteiger partial charge >= 0.3 is 12.1 Å². The maximum atomic E-state index is 12.6. The number of carbonyl (C=O) groups is 1. The number of alkyl halides is 3. The van der Waals surface area contributed by atoms with Crippen LogP contribution in [0.25, 0.3) is 16.9 Å². The van der Waals surface area contributed by atoms with Crippen molar-refractivity contribution in [2.75, 3.05) is 11.1 Å². The Bertz CT molecular complexity index is 1050. The number of halogens is 3. The number of hydrogen-bond donors (Lipinski definition) is 2. The predicted octanol–water partition coefficient (Wildman–Crippen LogP) is 2.93. The zero-order valence-electron chi connectivity index (χ0n) is 14.1. The van der Waals surface area contributed by atoms with Gasteiger partial charge in [-0.15, -0.1) is 0 Å². The summed E-state index contributed by atoms with van der Waals surface area (Å²) in [5.41, 5.74) is 6.71. The molecule has 0 spiro atoms. The molecule has 0 aliphatic heterocycles. The molecule has 1 heterocycles. The number of nitrogens with one attached hydrogen (secondary N) is 1. The van der Waals surface area contributed by atoms with Crippen molar-refractivity contribution < 1.29 is 18.0 Å². The third-order valence-electron chi connectivity index (χ3n) is 3.95. The van der Waals surface area contributed by atoms with Crippen molar-refractivity contribution in [3.63, 3.8) is 0 Å². The molecule has 0 saturated heterocycles. The summed E-state index contributed by atoms with van der Waals surface area (Å²) in [4.78, 5) is 23.7.